The highest BCUT2D eigenvalue weighted by Gasteiger charge is 2.33. The molecule has 0 aromatic heterocycles. The Hall–Kier alpha value is -2.59. The molecule has 1 N–H and O–H groups in total. The standard InChI is InChI=1S/C29H32BrCl2N3O4S/c1-4-14-33-29(37)27(16-21-8-6-5-7-9-21)34(18-22-10-11-23(31)17-26(22)32)28(36)19-35(40(3,38)39)24-12-13-25(30)20(2)15-24/h5-13,15,17,27H,4,14,16,18-19H2,1-3H3,(H,33,37). The maximum absolute atomic E-state index is 14.1. The van der Waals surface area contributed by atoms with Crippen LogP contribution in [0.3, 0.4) is 0 Å². The van der Waals surface area contributed by atoms with Crippen LogP contribution in [0, 0.1) is 6.92 Å². The van der Waals surface area contributed by atoms with Crippen molar-refractivity contribution in [3.8, 4) is 0 Å². The minimum atomic E-state index is -3.86. The van der Waals surface area contributed by atoms with Crippen molar-refractivity contribution in [1.82, 2.24) is 10.2 Å². The summed E-state index contributed by atoms with van der Waals surface area (Å²) in [5.74, 6) is -0.890. The topological polar surface area (TPSA) is 86.8 Å². The predicted molar refractivity (Wildman–Crippen MR) is 165 cm³/mol. The van der Waals surface area contributed by atoms with Crippen molar-refractivity contribution >= 4 is 66.7 Å². The molecule has 0 saturated carbocycles. The molecule has 0 radical (unpaired) electrons. The lowest BCUT2D eigenvalue weighted by atomic mass is 10.0. The van der Waals surface area contributed by atoms with E-state index in [1.54, 1.807) is 36.4 Å². The molecule has 2 amide bonds. The number of amides is 2. The van der Waals surface area contributed by atoms with Crippen LogP contribution < -0.4 is 9.62 Å². The number of carbonyl (C=O) groups excluding carboxylic acids is 2. The van der Waals surface area contributed by atoms with Crippen LogP contribution in [0.2, 0.25) is 10.0 Å². The number of aryl methyl sites for hydroxylation is 1. The molecule has 40 heavy (non-hydrogen) atoms. The molecule has 214 valence electrons. The predicted octanol–water partition coefficient (Wildman–Crippen LogP) is 6.00. The van der Waals surface area contributed by atoms with Gasteiger partial charge < -0.3 is 10.2 Å². The summed E-state index contributed by atoms with van der Waals surface area (Å²) in [5, 5.41) is 3.67. The van der Waals surface area contributed by atoms with E-state index in [2.05, 4.69) is 21.2 Å². The van der Waals surface area contributed by atoms with Crippen LogP contribution in [0.4, 0.5) is 5.69 Å². The summed E-state index contributed by atoms with van der Waals surface area (Å²) in [6.07, 6.45) is 1.99. The second kappa shape index (κ2) is 14.3. The monoisotopic (exact) mass is 667 g/mol. The van der Waals surface area contributed by atoms with E-state index in [0.29, 0.717) is 34.3 Å². The van der Waals surface area contributed by atoms with Crippen LogP contribution in [0.25, 0.3) is 0 Å². The zero-order valence-corrected chi connectivity index (χ0v) is 26.4. The van der Waals surface area contributed by atoms with Crippen LogP contribution >= 0.6 is 39.1 Å². The summed E-state index contributed by atoms with van der Waals surface area (Å²) in [5.41, 5.74) is 2.58. The van der Waals surface area contributed by atoms with Crippen LogP contribution in [0.1, 0.15) is 30.0 Å². The van der Waals surface area contributed by atoms with Gasteiger partial charge in [-0.25, -0.2) is 8.42 Å². The Bertz CT molecular complexity index is 1450. The molecular formula is C29H32BrCl2N3O4S. The lowest BCUT2D eigenvalue weighted by molar-refractivity contribution is -0.140. The largest absolute Gasteiger partial charge is 0.354 e. The Kier molecular flexibility index (Phi) is 11.5. The molecule has 0 heterocycles. The average molecular weight is 669 g/mol. The average Bonchev–Trinajstić information content (AvgIpc) is 2.90. The van der Waals surface area contributed by atoms with E-state index >= 15 is 0 Å². The molecule has 3 aromatic carbocycles. The Labute approximate surface area is 254 Å². The molecule has 1 atom stereocenters. The summed E-state index contributed by atoms with van der Waals surface area (Å²) in [6.45, 7) is 3.67. The molecule has 7 nitrogen and oxygen atoms in total. The Morgan fingerprint density at radius 3 is 2.33 bits per heavy atom. The molecule has 0 aliphatic heterocycles. The number of hydrogen-bond acceptors (Lipinski definition) is 4. The number of nitrogens with zero attached hydrogens (tertiary/aromatic N) is 2. The van der Waals surface area contributed by atoms with Crippen LogP contribution in [0.5, 0.6) is 0 Å². The lowest BCUT2D eigenvalue weighted by Gasteiger charge is -2.33. The second-order valence-corrected chi connectivity index (χ2v) is 13.1. The third kappa shape index (κ3) is 8.70. The van der Waals surface area contributed by atoms with Crippen molar-refractivity contribution < 1.29 is 18.0 Å². The molecular weight excluding hydrogens is 637 g/mol. The highest BCUT2D eigenvalue weighted by atomic mass is 79.9. The van der Waals surface area contributed by atoms with Crippen molar-refractivity contribution in [2.24, 2.45) is 0 Å². The van der Waals surface area contributed by atoms with E-state index in [4.69, 9.17) is 23.2 Å². The Morgan fingerprint density at radius 2 is 1.73 bits per heavy atom. The van der Waals surface area contributed by atoms with Gasteiger partial charge in [-0.1, -0.05) is 82.5 Å². The summed E-state index contributed by atoms with van der Waals surface area (Å²) in [6, 6.07) is 18.4. The van der Waals surface area contributed by atoms with Crippen LogP contribution in [-0.2, 0) is 32.6 Å². The molecule has 0 fully saturated rings. The fourth-order valence-corrected chi connectivity index (χ4v) is 5.71. The zero-order chi connectivity index (χ0) is 29.4. The first-order valence-electron chi connectivity index (χ1n) is 12.7. The van der Waals surface area contributed by atoms with E-state index in [1.807, 2.05) is 44.2 Å². The van der Waals surface area contributed by atoms with Gasteiger partial charge in [0.05, 0.1) is 11.9 Å². The number of benzene rings is 3. The van der Waals surface area contributed by atoms with Gasteiger partial charge in [0.1, 0.15) is 12.6 Å². The Balaban J connectivity index is 2.08. The lowest BCUT2D eigenvalue weighted by Crippen LogP contribution is -2.53. The van der Waals surface area contributed by atoms with Gasteiger partial charge in [0.25, 0.3) is 0 Å². The number of rotatable bonds is 12. The quantitative estimate of drug-likeness (QED) is 0.257. The molecule has 0 saturated heterocycles. The minimum absolute atomic E-state index is 0.0250. The molecule has 0 aliphatic rings. The fourth-order valence-electron chi connectivity index (χ4n) is 4.15. The summed E-state index contributed by atoms with van der Waals surface area (Å²) in [4.78, 5) is 29.0. The summed E-state index contributed by atoms with van der Waals surface area (Å²) >= 11 is 16.0. The van der Waals surface area contributed by atoms with Gasteiger partial charge in [0.15, 0.2) is 0 Å². The highest BCUT2D eigenvalue weighted by Crippen LogP contribution is 2.27. The maximum Gasteiger partial charge on any atom is 0.244 e. The normalized spacial score (nSPS) is 12.1. The molecule has 1 unspecified atom stereocenters. The van der Waals surface area contributed by atoms with Gasteiger partial charge in [-0.05, 0) is 60.4 Å². The molecule has 3 rings (SSSR count). The molecule has 0 aliphatic carbocycles. The van der Waals surface area contributed by atoms with Crippen LogP contribution in [0.15, 0.2) is 71.2 Å². The minimum Gasteiger partial charge on any atom is -0.354 e. The van der Waals surface area contributed by atoms with Gasteiger partial charge in [-0.2, -0.15) is 0 Å². The smallest absolute Gasteiger partial charge is 0.244 e. The van der Waals surface area contributed by atoms with E-state index in [0.717, 1.165) is 26.2 Å². The van der Waals surface area contributed by atoms with Crippen LogP contribution in [-0.4, -0.2) is 50.5 Å². The van der Waals surface area contributed by atoms with Gasteiger partial charge in [0, 0.05) is 34.0 Å². The van der Waals surface area contributed by atoms with Crippen molar-refractivity contribution in [3.05, 3.63) is 97.9 Å². The second-order valence-electron chi connectivity index (χ2n) is 9.46. The molecule has 11 heteroatoms. The number of halogens is 3. The van der Waals surface area contributed by atoms with Gasteiger partial charge in [0.2, 0.25) is 21.8 Å². The summed E-state index contributed by atoms with van der Waals surface area (Å²) < 4.78 is 27.7. The highest BCUT2D eigenvalue weighted by molar-refractivity contribution is 9.10. The van der Waals surface area contributed by atoms with Crippen molar-refractivity contribution in [1.29, 1.82) is 0 Å². The Morgan fingerprint density at radius 1 is 1.02 bits per heavy atom. The van der Waals surface area contributed by atoms with Gasteiger partial charge in [-0.15, -0.1) is 0 Å². The van der Waals surface area contributed by atoms with Crippen molar-refractivity contribution in [2.75, 3.05) is 23.7 Å². The number of carbonyl (C=O) groups is 2. The van der Waals surface area contributed by atoms with E-state index in [1.165, 1.54) is 4.90 Å². The number of nitrogens with one attached hydrogen (secondary N) is 1. The van der Waals surface area contributed by atoms with Crippen molar-refractivity contribution in [2.45, 2.75) is 39.3 Å². The number of sulfonamides is 1. The zero-order valence-electron chi connectivity index (χ0n) is 22.5. The fraction of sp³-hybridized carbons (Fsp3) is 0.310. The first-order valence-corrected chi connectivity index (χ1v) is 16.1. The van der Waals surface area contributed by atoms with E-state index in [9.17, 15) is 18.0 Å². The number of anilines is 1. The van der Waals surface area contributed by atoms with E-state index < -0.39 is 28.5 Å². The molecule has 0 bridgehead atoms. The van der Waals surface area contributed by atoms with Gasteiger partial charge in [-0.3, -0.25) is 13.9 Å². The molecule has 0 spiro atoms. The third-order valence-electron chi connectivity index (χ3n) is 6.28. The first kappa shape index (κ1) is 31.9. The summed E-state index contributed by atoms with van der Waals surface area (Å²) in [7, 11) is -3.86. The maximum atomic E-state index is 14.1. The number of hydrogen-bond donors (Lipinski definition) is 1. The van der Waals surface area contributed by atoms with Crippen molar-refractivity contribution in [3.63, 3.8) is 0 Å². The van der Waals surface area contributed by atoms with Gasteiger partial charge >= 0.3 is 0 Å². The van der Waals surface area contributed by atoms with E-state index in [-0.39, 0.29) is 18.9 Å². The third-order valence-corrected chi connectivity index (χ3v) is 8.90. The first-order chi connectivity index (χ1) is 18.9. The SMILES string of the molecule is CCCNC(=O)C(Cc1ccccc1)N(Cc1ccc(Cl)cc1Cl)C(=O)CN(c1ccc(Br)c(C)c1)S(C)(=O)=O. The molecule has 3 aromatic rings.